The normalized spacial score (nSPS) is 10.5. The molecule has 4 nitrogen and oxygen atoms in total. The van der Waals surface area contributed by atoms with E-state index < -0.39 is 5.97 Å². The minimum Gasteiger partial charge on any atom is -0.505 e. The van der Waals surface area contributed by atoms with Crippen molar-refractivity contribution >= 4 is 32.8 Å². The van der Waals surface area contributed by atoms with Crippen molar-refractivity contribution in [2.75, 3.05) is 0 Å². The van der Waals surface area contributed by atoms with Crippen LogP contribution in [0.3, 0.4) is 0 Å². The summed E-state index contributed by atoms with van der Waals surface area (Å²) in [6.07, 6.45) is 1.22. The van der Waals surface area contributed by atoms with Gasteiger partial charge >= 0.3 is 5.97 Å². The van der Waals surface area contributed by atoms with Gasteiger partial charge in [0.25, 0.3) is 0 Å². The molecule has 0 spiro atoms. The van der Waals surface area contributed by atoms with Gasteiger partial charge in [0.15, 0.2) is 0 Å². The number of rotatable bonds is 1. The minimum atomic E-state index is -1.04. The Bertz CT molecular complexity index is 554. The van der Waals surface area contributed by atoms with Crippen LogP contribution in [0.1, 0.15) is 10.4 Å². The Morgan fingerprint density at radius 2 is 2.13 bits per heavy atom. The van der Waals surface area contributed by atoms with Crippen molar-refractivity contribution in [2.45, 2.75) is 0 Å². The van der Waals surface area contributed by atoms with Crippen molar-refractivity contribution in [1.82, 2.24) is 4.98 Å². The molecule has 5 heteroatoms. The van der Waals surface area contributed by atoms with E-state index in [0.717, 1.165) is 0 Å². The van der Waals surface area contributed by atoms with Gasteiger partial charge in [-0.05, 0) is 22.0 Å². The number of pyridine rings is 1. The monoisotopic (exact) mass is 267 g/mol. The second-order valence-electron chi connectivity index (χ2n) is 2.96. The molecule has 0 atom stereocenters. The van der Waals surface area contributed by atoms with E-state index in [9.17, 15) is 9.90 Å². The molecule has 0 fully saturated rings. The number of aromatic nitrogens is 1. The summed E-state index contributed by atoms with van der Waals surface area (Å²) in [6, 6.07) is 4.78. The summed E-state index contributed by atoms with van der Waals surface area (Å²) in [4.78, 5) is 14.8. The van der Waals surface area contributed by atoms with Gasteiger partial charge in [-0.25, -0.2) is 4.79 Å². The van der Waals surface area contributed by atoms with Crippen LogP contribution < -0.4 is 0 Å². The topological polar surface area (TPSA) is 70.4 Å². The van der Waals surface area contributed by atoms with E-state index in [1.165, 1.54) is 12.3 Å². The summed E-state index contributed by atoms with van der Waals surface area (Å²) < 4.78 is 0.454. The van der Waals surface area contributed by atoms with Crippen LogP contribution in [0.4, 0.5) is 0 Å². The van der Waals surface area contributed by atoms with Crippen LogP contribution in [0.2, 0.25) is 0 Å². The first-order valence-electron chi connectivity index (χ1n) is 4.10. The number of fused-ring (bicyclic) bond motifs is 1. The number of para-hydroxylation sites is 1. The maximum absolute atomic E-state index is 10.9. The summed E-state index contributed by atoms with van der Waals surface area (Å²) in [7, 11) is 0. The number of hydrogen-bond acceptors (Lipinski definition) is 3. The third kappa shape index (κ3) is 1.55. The molecule has 0 aliphatic carbocycles. The van der Waals surface area contributed by atoms with Crippen LogP contribution in [-0.4, -0.2) is 21.2 Å². The lowest BCUT2D eigenvalue weighted by molar-refractivity contribution is 0.0699. The molecule has 2 rings (SSSR count). The second-order valence-corrected chi connectivity index (χ2v) is 3.76. The number of carbonyl (C=O) groups is 1. The molecule has 0 amide bonds. The first kappa shape index (κ1) is 9.92. The quantitative estimate of drug-likeness (QED) is 0.833. The average Bonchev–Trinajstić information content (AvgIpc) is 2.23. The molecule has 1 aromatic carbocycles. The largest absolute Gasteiger partial charge is 0.505 e. The van der Waals surface area contributed by atoms with Gasteiger partial charge in [-0.3, -0.25) is 4.98 Å². The zero-order valence-electron chi connectivity index (χ0n) is 7.44. The molecule has 0 bridgehead atoms. The number of benzene rings is 1. The predicted molar refractivity (Wildman–Crippen MR) is 58.1 cm³/mol. The Morgan fingerprint density at radius 1 is 1.40 bits per heavy atom. The summed E-state index contributed by atoms with van der Waals surface area (Å²) >= 11 is 3.18. The van der Waals surface area contributed by atoms with Crippen molar-refractivity contribution in [1.29, 1.82) is 0 Å². The van der Waals surface area contributed by atoms with Gasteiger partial charge in [-0.15, -0.1) is 0 Å². The van der Waals surface area contributed by atoms with Crippen LogP contribution >= 0.6 is 15.9 Å². The predicted octanol–water partition coefficient (Wildman–Crippen LogP) is 2.40. The Balaban J connectivity index is 2.89. The maximum atomic E-state index is 10.9. The molecule has 15 heavy (non-hydrogen) atoms. The van der Waals surface area contributed by atoms with Gasteiger partial charge in [-0.2, -0.15) is 0 Å². The molecule has 76 valence electrons. The van der Waals surface area contributed by atoms with Gasteiger partial charge < -0.3 is 10.2 Å². The van der Waals surface area contributed by atoms with Crippen molar-refractivity contribution in [3.8, 4) is 5.75 Å². The first-order chi connectivity index (χ1) is 7.11. The van der Waals surface area contributed by atoms with E-state index >= 15 is 0 Å². The lowest BCUT2D eigenvalue weighted by Crippen LogP contribution is -1.98. The molecule has 0 saturated carbocycles. The van der Waals surface area contributed by atoms with Gasteiger partial charge in [0.05, 0.1) is 21.7 Å². The highest BCUT2D eigenvalue weighted by atomic mass is 79.9. The molecule has 1 heterocycles. The van der Waals surface area contributed by atoms with Crippen LogP contribution in [0.25, 0.3) is 10.9 Å². The average molecular weight is 268 g/mol. The zero-order valence-corrected chi connectivity index (χ0v) is 9.02. The highest BCUT2D eigenvalue weighted by molar-refractivity contribution is 9.10. The fraction of sp³-hybridized carbons (Fsp3) is 0. The summed E-state index contributed by atoms with van der Waals surface area (Å²) in [6.45, 7) is 0. The maximum Gasteiger partial charge on any atom is 0.337 e. The fourth-order valence-corrected chi connectivity index (χ4v) is 1.77. The number of carboxylic acid groups (broad SMARTS) is 1. The van der Waals surface area contributed by atoms with Crippen LogP contribution in [0.15, 0.2) is 28.9 Å². The highest BCUT2D eigenvalue weighted by Gasteiger charge is 2.12. The number of carboxylic acids is 1. The van der Waals surface area contributed by atoms with E-state index in [-0.39, 0.29) is 11.3 Å². The second kappa shape index (κ2) is 3.51. The van der Waals surface area contributed by atoms with Gasteiger partial charge in [0, 0.05) is 5.39 Å². The molecule has 0 unspecified atom stereocenters. The van der Waals surface area contributed by atoms with Crippen LogP contribution in [0.5, 0.6) is 5.75 Å². The number of aromatic carboxylic acids is 1. The fourth-order valence-electron chi connectivity index (χ4n) is 1.35. The third-order valence-electron chi connectivity index (χ3n) is 2.04. The highest BCUT2D eigenvalue weighted by Crippen LogP contribution is 2.31. The van der Waals surface area contributed by atoms with Gasteiger partial charge in [0.2, 0.25) is 0 Å². The number of nitrogens with zero attached hydrogens (tertiary/aromatic N) is 1. The van der Waals surface area contributed by atoms with E-state index in [1.54, 1.807) is 12.1 Å². The van der Waals surface area contributed by atoms with Gasteiger partial charge in [0.1, 0.15) is 5.75 Å². The molecule has 2 aromatic rings. The molecule has 0 aliphatic heterocycles. The van der Waals surface area contributed by atoms with Gasteiger partial charge in [-0.1, -0.05) is 12.1 Å². The Kier molecular flexibility index (Phi) is 2.32. The minimum absolute atomic E-state index is 0.00922. The molecule has 0 radical (unpaired) electrons. The number of halogens is 1. The van der Waals surface area contributed by atoms with E-state index in [1.807, 2.05) is 0 Å². The molecule has 2 N–H and O–H groups in total. The Labute approximate surface area is 93.3 Å². The van der Waals surface area contributed by atoms with Crippen molar-refractivity contribution in [3.63, 3.8) is 0 Å². The van der Waals surface area contributed by atoms with Crippen molar-refractivity contribution < 1.29 is 15.0 Å². The number of aromatic hydroxyl groups is 1. The molecular weight excluding hydrogens is 262 g/mol. The SMILES string of the molecule is O=C(O)c1cccc2c(Br)c(O)cnc12. The summed E-state index contributed by atoms with van der Waals surface area (Å²) in [5, 5.41) is 18.9. The van der Waals surface area contributed by atoms with Crippen LogP contribution in [-0.2, 0) is 0 Å². The van der Waals surface area contributed by atoms with E-state index in [0.29, 0.717) is 15.4 Å². The molecular formula is C10H6BrNO3. The Hall–Kier alpha value is -1.62. The van der Waals surface area contributed by atoms with Crippen molar-refractivity contribution in [3.05, 3.63) is 34.4 Å². The van der Waals surface area contributed by atoms with Crippen LogP contribution in [0, 0.1) is 0 Å². The van der Waals surface area contributed by atoms with E-state index in [4.69, 9.17) is 5.11 Å². The first-order valence-corrected chi connectivity index (χ1v) is 4.90. The molecule has 0 saturated heterocycles. The zero-order chi connectivity index (χ0) is 11.0. The molecule has 1 aromatic heterocycles. The lowest BCUT2D eigenvalue weighted by Gasteiger charge is -2.04. The summed E-state index contributed by atoms with van der Waals surface area (Å²) in [5.74, 6) is -1.05. The van der Waals surface area contributed by atoms with Crippen molar-refractivity contribution in [2.24, 2.45) is 0 Å². The third-order valence-corrected chi connectivity index (χ3v) is 2.88. The Morgan fingerprint density at radius 3 is 2.80 bits per heavy atom. The number of hydrogen-bond donors (Lipinski definition) is 2. The molecule has 0 aliphatic rings. The lowest BCUT2D eigenvalue weighted by atomic mass is 10.1. The summed E-state index contributed by atoms with van der Waals surface area (Å²) in [5.41, 5.74) is 0.475. The standard InChI is InChI=1S/C10H6BrNO3/c11-8-5-2-1-3-6(10(14)15)9(5)12-4-7(8)13/h1-4,13H,(H,14,15). The smallest absolute Gasteiger partial charge is 0.337 e. The van der Waals surface area contributed by atoms with E-state index in [2.05, 4.69) is 20.9 Å².